The van der Waals surface area contributed by atoms with E-state index in [-0.39, 0.29) is 29.2 Å². The monoisotopic (exact) mass is 564 g/mol. The summed E-state index contributed by atoms with van der Waals surface area (Å²) < 4.78 is 30.4. The van der Waals surface area contributed by atoms with Crippen LogP contribution in [-0.2, 0) is 21.1 Å². The molecule has 0 spiro atoms. The summed E-state index contributed by atoms with van der Waals surface area (Å²) in [4.78, 5) is 20.6. The number of nitrogens with one attached hydrogen (secondary N) is 1. The number of carbonyl (C=O) groups is 1. The van der Waals surface area contributed by atoms with Gasteiger partial charge in [0.15, 0.2) is 15.7 Å². The van der Waals surface area contributed by atoms with Gasteiger partial charge in [0.25, 0.3) is 0 Å². The van der Waals surface area contributed by atoms with Crippen LogP contribution in [0.3, 0.4) is 0 Å². The summed E-state index contributed by atoms with van der Waals surface area (Å²) in [5, 5.41) is 12.6. The molecule has 0 bridgehead atoms. The molecule has 2 atom stereocenters. The third-order valence-corrected chi connectivity index (χ3v) is 11.1. The number of rotatable bonds is 7. The van der Waals surface area contributed by atoms with Crippen molar-refractivity contribution in [2.75, 3.05) is 29.5 Å². The Labute approximate surface area is 237 Å². The summed E-state index contributed by atoms with van der Waals surface area (Å²) in [6, 6.07) is 10.5. The van der Waals surface area contributed by atoms with Gasteiger partial charge < -0.3 is 14.6 Å². The zero-order valence-electron chi connectivity index (χ0n) is 23.2. The minimum Gasteiger partial charge on any atom is -0.445 e. The Balaban J connectivity index is 1.29. The van der Waals surface area contributed by atoms with Gasteiger partial charge in [-0.2, -0.15) is 5.26 Å². The van der Waals surface area contributed by atoms with Crippen LogP contribution in [0.25, 0.3) is 11.3 Å². The Morgan fingerprint density at radius 2 is 1.70 bits per heavy atom. The van der Waals surface area contributed by atoms with E-state index >= 15 is 0 Å². The number of sulfone groups is 1. The van der Waals surface area contributed by atoms with Gasteiger partial charge in [-0.05, 0) is 56.6 Å². The fraction of sp³-hybridized carbons (Fsp3) is 0.645. The number of carbonyl (C=O) groups excluding carboxylic acids is 1. The quantitative estimate of drug-likeness (QED) is 0.495. The van der Waals surface area contributed by atoms with Crippen molar-refractivity contribution in [3.8, 4) is 17.3 Å². The van der Waals surface area contributed by atoms with Crippen LogP contribution in [0.5, 0.6) is 0 Å². The first-order valence-electron chi connectivity index (χ1n) is 15.1. The van der Waals surface area contributed by atoms with Crippen molar-refractivity contribution < 1.29 is 17.6 Å². The standard InChI is InChI=1S/C31H40N4O4S/c32-21-31(14-15-31)34-30(36)26-9-5-4-8-25(26)29-28(33-27(39-29)20-22-6-2-1-3-7-22)23-10-12-24(13-11-23)35-16-18-40(37,38)19-17-35/h10-13,22,25-26H,1-9,14-20H2,(H,34,36). The smallest absolute Gasteiger partial charge is 0.225 e. The zero-order chi connectivity index (χ0) is 27.7. The van der Waals surface area contributed by atoms with Crippen molar-refractivity contribution in [2.24, 2.45) is 11.8 Å². The van der Waals surface area contributed by atoms with Crippen molar-refractivity contribution >= 4 is 21.4 Å². The van der Waals surface area contributed by atoms with E-state index in [1.807, 2.05) is 12.1 Å². The molecule has 2 heterocycles. The lowest BCUT2D eigenvalue weighted by Gasteiger charge is -2.30. The van der Waals surface area contributed by atoms with Gasteiger partial charge in [-0.3, -0.25) is 4.79 Å². The van der Waals surface area contributed by atoms with Gasteiger partial charge in [0.05, 0.1) is 17.6 Å². The first-order chi connectivity index (χ1) is 19.3. The third kappa shape index (κ3) is 5.93. The molecule has 1 amide bonds. The Bertz CT molecular complexity index is 1350. The van der Waals surface area contributed by atoms with Crippen molar-refractivity contribution in [3.63, 3.8) is 0 Å². The van der Waals surface area contributed by atoms with Crippen molar-refractivity contribution in [1.82, 2.24) is 10.3 Å². The number of oxazole rings is 1. The fourth-order valence-corrected chi connectivity index (χ4v) is 8.04. The maximum Gasteiger partial charge on any atom is 0.225 e. The van der Waals surface area contributed by atoms with E-state index in [0.29, 0.717) is 19.0 Å². The highest BCUT2D eigenvalue weighted by atomic mass is 32.2. The molecule has 4 aliphatic rings. The number of hydrogen-bond acceptors (Lipinski definition) is 7. The van der Waals surface area contributed by atoms with Crippen LogP contribution in [0, 0.1) is 23.2 Å². The van der Waals surface area contributed by atoms with Crippen LogP contribution in [-0.4, -0.2) is 49.4 Å². The van der Waals surface area contributed by atoms with Crippen LogP contribution in [0.2, 0.25) is 0 Å². The molecule has 6 rings (SSSR count). The van der Waals surface area contributed by atoms with E-state index in [9.17, 15) is 18.5 Å². The fourth-order valence-electron chi connectivity index (χ4n) is 6.84. The predicted octanol–water partition coefficient (Wildman–Crippen LogP) is 5.15. The molecule has 3 aliphatic carbocycles. The van der Waals surface area contributed by atoms with Gasteiger partial charge in [0.2, 0.25) is 5.91 Å². The summed E-state index contributed by atoms with van der Waals surface area (Å²) in [5.74, 6) is 2.20. The molecule has 2 unspecified atom stereocenters. The molecule has 1 N–H and O–H groups in total. The molecule has 1 aromatic heterocycles. The maximum absolute atomic E-state index is 13.5. The Morgan fingerprint density at radius 1 is 1.02 bits per heavy atom. The van der Waals surface area contributed by atoms with Crippen molar-refractivity contribution in [2.45, 2.75) is 88.5 Å². The molecule has 0 radical (unpaired) electrons. The number of amides is 1. The Morgan fingerprint density at radius 3 is 2.38 bits per heavy atom. The molecule has 1 aliphatic heterocycles. The average Bonchev–Trinajstić information content (AvgIpc) is 3.63. The van der Waals surface area contributed by atoms with Crippen LogP contribution in [0.1, 0.15) is 88.2 Å². The van der Waals surface area contributed by atoms with E-state index < -0.39 is 15.4 Å². The summed E-state index contributed by atoms with van der Waals surface area (Å²) in [5.41, 5.74) is 2.11. The molecular formula is C31H40N4O4S. The van der Waals surface area contributed by atoms with E-state index in [1.165, 1.54) is 32.1 Å². The highest BCUT2D eigenvalue weighted by molar-refractivity contribution is 7.91. The lowest BCUT2D eigenvalue weighted by atomic mass is 9.76. The Hall–Kier alpha value is -2.86. The second kappa shape index (κ2) is 11.2. The number of nitrogens with zero attached hydrogens (tertiary/aromatic N) is 3. The number of nitriles is 1. The minimum atomic E-state index is -2.94. The van der Waals surface area contributed by atoms with Gasteiger partial charge in [0.1, 0.15) is 17.0 Å². The third-order valence-electron chi connectivity index (χ3n) is 9.50. The number of hydrogen-bond donors (Lipinski definition) is 1. The van der Waals surface area contributed by atoms with Crippen LogP contribution in [0.4, 0.5) is 5.69 Å². The maximum atomic E-state index is 13.5. The SMILES string of the molecule is N#CC1(NC(=O)C2CCCCC2c2oc(CC3CCCCC3)nc2-c2ccc(N3CCS(=O)(=O)CC3)cc2)CC1. The van der Waals surface area contributed by atoms with E-state index in [4.69, 9.17) is 9.40 Å². The molecule has 2 aromatic rings. The molecule has 1 saturated heterocycles. The van der Waals surface area contributed by atoms with Crippen LogP contribution >= 0.6 is 0 Å². The summed E-state index contributed by atoms with van der Waals surface area (Å²) in [6.07, 6.45) is 12.2. The van der Waals surface area contributed by atoms with Crippen molar-refractivity contribution in [1.29, 1.82) is 5.26 Å². The van der Waals surface area contributed by atoms with Gasteiger partial charge in [-0.1, -0.05) is 44.2 Å². The summed E-state index contributed by atoms with van der Waals surface area (Å²) in [7, 11) is -2.94. The molecule has 4 fully saturated rings. The van der Waals surface area contributed by atoms with Crippen LogP contribution in [0.15, 0.2) is 28.7 Å². The largest absolute Gasteiger partial charge is 0.445 e. The molecule has 9 heteroatoms. The number of aromatic nitrogens is 1. The van der Waals surface area contributed by atoms with Gasteiger partial charge in [0, 0.05) is 42.6 Å². The summed E-state index contributed by atoms with van der Waals surface area (Å²) in [6.45, 7) is 1.01. The lowest BCUT2D eigenvalue weighted by Crippen LogP contribution is -2.42. The van der Waals surface area contributed by atoms with Crippen LogP contribution < -0.4 is 10.2 Å². The molecular weight excluding hydrogens is 524 g/mol. The average molecular weight is 565 g/mol. The number of benzene rings is 1. The predicted molar refractivity (Wildman–Crippen MR) is 154 cm³/mol. The topological polar surface area (TPSA) is 116 Å². The molecule has 40 heavy (non-hydrogen) atoms. The van der Waals surface area contributed by atoms with Gasteiger partial charge in [-0.25, -0.2) is 13.4 Å². The first-order valence-corrected chi connectivity index (χ1v) is 17.0. The first kappa shape index (κ1) is 27.3. The normalized spacial score (nSPS) is 26.1. The number of anilines is 1. The van der Waals surface area contributed by atoms with Gasteiger partial charge in [-0.15, -0.1) is 0 Å². The van der Waals surface area contributed by atoms with E-state index in [1.54, 1.807) is 0 Å². The highest BCUT2D eigenvalue weighted by Crippen LogP contribution is 2.44. The second-order valence-corrected chi connectivity index (χ2v) is 14.7. The zero-order valence-corrected chi connectivity index (χ0v) is 24.1. The van der Waals surface area contributed by atoms with E-state index in [2.05, 4.69) is 28.4 Å². The lowest BCUT2D eigenvalue weighted by molar-refractivity contribution is -0.127. The highest BCUT2D eigenvalue weighted by Gasteiger charge is 2.47. The van der Waals surface area contributed by atoms with E-state index in [0.717, 1.165) is 73.5 Å². The molecule has 3 saturated carbocycles. The van der Waals surface area contributed by atoms with Gasteiger partial charge >= 0.3 is 0 Å². The summed E-state index contributed by atoms with van der Waals surface area (Å²) >= 11 is 0. The minimum absolute atomic E-state index is 0.0321. The van der Waals surface area contributed by atoms with Crippen molar-refractivity contribution in [3.05, 3.63) is 35.9 Å². The molecule has 8 nitrogen and oxygen atoms in total. The Kier molecular flexibility index (Phi) is 7.64. The second-order valence-electron chi connectivity index (χ2n) is 12.4. The molecule has 1 aromatic carbocycles. The molecule has 214 valence electrons.